The average Bonchev–Trinajstić information content (AvgIpc) is 3.02. The minimum absolute atomic E-state index is 0.0537. The van der Waals surface area contributed by atoms with Gasteiger partial charge in [0.05, 0.1) is 27.1 Å². The number of anilines is 2. The number of thiazole rings is 1. The van der Waals surface area contributed by atoms with E-state index >= 15 is 0 Å². The predicted octanol–water partition coefficient (Wildman–Crippen LogP) is 3.09. The highest BCUT2D eigenvalue weighted by atomic mass is 32.2. The number of nitro groups is 1. The number of nitro benzene ring substituents is 1. The monoisotopic (exact) mass is 478 g/mol. The maximum absolute atomic E-state index is 13.0. The zero-order valence-corrected chi connectivity index (χ0v) is 19.5. The summed E-state index contributed by atoms with van der Waals surface area (Å²) in [5.41, 5.74) is 1.39. The van der Waals surface area contributed by atoms with Crippen LogP contribution in [-0.4, -0.2) is 36.1 Å². The van der Waals surface area contributed by atoms with Crippen molar-refractivity contribution >= 4 is 54.5 Å². The molecule has 32 heavy (non-hydrogen) atoms. The minimum atomic E-state index is -3.95. The Balaban J connectivity index is 1.96. The highest BCUT2D eigenvalue weighted by Gasteiger charge is 2.31. The van der Waals surface area contributed by atoms with Crippen LogP contribution in [-0.2, 0) is 21.4 Å². The van der Waals surface area contributed by atoms with Gasteiger partial charge < -0.3 is 5.32 Å². The molecule has 0 fully saturated rings. The number of hydrogen-bond donors (Lipinski definition) is 1. The van der Waals surface area contributed by atoms with Crippen LogP contribution in [0.5, 0.6) is 0 Å². The first-order valence-corrected chi connectivity index (χ1v) is 12.3. The molecule has 2 aromatic carbocycles. The van der Waals surface area contributed by atoms with Gasteiger partial charge in [-0.3, -0.25) is 28.6 Å². The summed E-state index contributed by atoms with van der Waals surface area (Å²) in [4.78, 5) is 35.4. The van der Waals surface area contributed by atoms with Gasteiger partial charge in [-0.25, -0.2) is 8.42 Å². The van der Waals surface area contributed by atoms with Gasteiger partial charge in [0.15, 0.2) is 0 Å². The quantitative estimate of drug-likeness (QED) is 0.410. The second-order valence-corrected chi connectivity index (χ2v) is 10.1. The third-order valence-electron chi connectivity index (χ3n) is 4.98. The van der Waals surface area contributed by atoms with Crippen molar-refractivity contribution in [2.45, 2.75) is 33.4 Å². The molecular formula is C20H22N4O6S2. The molecule has 3 aromatic rings. The van der Waals surface area contributed by atoms with Crippen LogP contribution in [0.4, 0.5) is 17.1 Å². The van der Waals surface area contributed by atoms with Gasteiger partial charge in [0.1, 0.15) is 6.04 Å². The van der Waals surface area contributed by atoms with Crippen LogP contribution in [0.25, 0.3) is 10.2 Å². The second-order valence-electron chi connectivity index (χ2n) is 7.25. The molecule has 1 atom stereocenters. The van der Waals surface area contributed by atoms with Crippen molar-refractivity contribution in [3.63, 3.8) is 0 Å². The number of hydrogen-bond acceptors (Lipinski definition) is 7. The Hall–Kier alpha value is -3.25. The summed E-state index contributed by atoms with van der Waals surface area (Å²) < 4.78 is 28.3. The Morgan fingerprint density at radius 2 is 1.97 bits per heavy atom. The number of aryl methyl sites for hydroxylation is 2. The number of carbonyl (C=O) groups excluding carboxylic acids is 1. The smallest absolute Gasteiger partial charge is 0.308 e. The first-order chi connectivity index (χ1) is 14.9. The van der Waals surface area contributed by atoms with Crippen molar-refractivity contribution in [3.05, 3.63) is 61.7 Å². The van der Waals surface area contributed by atoms with E-state index in [0.29, 0.717) is 22.5 Å². The predicted molar refractivity (Wildman–Crippen MR) is 125 cm³/mol. The second kappa shape index (κ2) is 8.71. The molecule has 1 heterocycles. The number of fused-ring (bicyclic) bond motifs is 1. The molecule has 0 aliphatic heterocycles. The molecule has 0 saturated heterocycles. The van der Waals surface area contributed by atoms with E-state index in [4.69, 9.17) is 0 Å². The van der Waals surface area contributed by atoms with E-state index in [1.165, 1.54) is 19.1 Å². The zero-order chi connectivity index (χ0) is 23.8. The highest BCUT2D eigenvalue weighted by Crippen LogP contribution is 2.30. The lowest BCUT2D eigenvalue weighted by atomic mass is 10.1. The van der Waals surface area contributed by atoms with Crippen LogP contribution in [0, 0.1) is 17.0 Å². The molecule has 0 aliphatic carbocycles. The largest absolute Gasteiger partial charge is 0.324 e. The minimum Gasteiger partial charge on any atom is -0.324 e. The third kappa shape index (κ3) is 4.50. The number of nitrogens with one attached hydrogen (secondary N) is 1. The standard InChI is InChI=1S/C20H22N4O6S2/c1-5-22-16-9-7-14(10-18(16)31-20(22)26)21-19(25)13(3)23(32(4,29)30)17-11-15(24(27)28)8-6-12(17)2/h6-11,13H,5H2,1-4H3,(H,21,25)/t13-/m1/s1. The van der Waals surface area contributed by atoms with Crippen molar-refractivity contribution in [1.29, 1.82) is 0 Å². The molecule has 170 valence electrons. The van der Waals surface area contributed by atoms with Crippen molar-refractivity contribution in [2.75, 3.05) is 15.9 Å². The van der Waals surface area contributed by atoms with Gasteiger partial charge >= 0.3 is 4.87 Å². The maximum Gasteiger partial charge on any atom is 0.308 e. The number of carbonyl (C=O) groups is 1. The summed E-state index contributed by atoms with van der Waals surface area (Å²) in [6.45, 7) is 5.39. The number of nitrogens with zero attached hydrogens (tertiary/aromatic N) is 3. The van der Waals surface area contributed by atoms with Crippen LogP contribution in [0.1, 0.15) is 19.4 Å². The van der Waals surface area contributed by atoms with Crippen LogP contribution in [0.2, 0.25) is 0 Å². The van der Waals surface area contributed by atoms with Crippen molar-refractivity contribution in [2.24, 2.45) is 0 Å². The van der Waals surface area contributed by atoms with Crippen molar-refractivity contribution < 1.29 is 18.1 Å². The molecule has 1 aromatic heterocycles. The summed E-state index contributed by atoms with van der Waals surface area (Å²) >= 11 is 1.05. The SMILES string of the molecule is CCn1c(=O)sc2cc(NC(=O)[C@@H](C)N(c3cc([N+](=O)[O-])ccc3C)S(C)(=O)=O)ccc21. The molecule has 3 rings (SSSR count). The van der Waals surface area contributed by atoms with E-state index in [2.05, 4.69) is 5.32 Å². The average molecular weight is 479 g/mol. The molecule has 0 bridgehead atoms. The Bertz CT molecular complexity index is 1380. The zero-order valence-electron chi connectivity index (χ0n) is 17.9. The van der Waals surface area contributed by atoms with Gasteiger partial charge in [-0.2, -0.15) is 0 Å². The Labute approximate surface area is 188 Å². The molecule has 0 saturated carbocycles. The Morgan fingerprint density at radius 3 is 2.56 bits per heavy atom. The molecule has 10 nitrogen and oxygen atoms in total. The normalized spacial score (nSPS) is 12.5. The maximum atomic E-state index is 13.0. The van der Waals surface area contributed by atoms with E-state index in [1.54, 1.807) is 29.7 Å². The van der Waals surface area contributed by atoms with Crippen LogP contribution < -0.4 is 14.5 Å². The molecule has 0 spiro atoms. The third-order valence-corrected chi connectivity index (χ3v) is 7.15. The van der Waals surface area contributed by atoms with Gasteiger partial charge in [-0.05, 0) is 44.5 Å². The molecule has 0 unspecified atom stereocenters. The topological polar surface area (TPSA) is 132 Å². The number of amides is 1. The van der Waals surface area contributed by atoms with Crippen molar-refractivity contribution in [1.82, 2.24) is 4.57 Å². The lowest BCUT2D eigenvalue weighted by Crippen LogP contribution is -2.45. The number of non-ortho nitro benzene ring substituents is 1. The van der Waals surface area contributed by atoms with Crippen molar-refractivity contribution in [3.8, 4) is 0 Å². The summed E-state index contributed by atoms with van der Waals surface area (Å²) in [5.74, 6) is -0.622. The first-order valence-electron chi connectivity index (χ1n) is 9.62. The number of benzene rings is 2. The van der Waals surface area contributed by atoms with Crippen LogP contribution in [0.3, 0.4) is 0 Å². The Kier molecular flexibility index (Phi) is 6.37. The fraction of sp³-hybridized carbons (Fsp3) is 0.300. The van der Waals surface area contributed by atoms with E-state index in [9.17, 15) is 28.1 Å². The fourth-order valence-corrected chi connectivity index (χ4v) is 5.64. The molecule has 1 amide bonds. The van der Waals surface area contributed by atoms with Crippen LogP contribution >= 0.6 is 11.3 Å². The van der Waals surface area contributed by atoms with E-state index in [-0.39, 0.29) is 16.2 Å². The summed E-state index contributed by atoms with van der Waals surface area (Å²) in [6.07, 6.45) is 0.937. The van der Waals surface area contributed by atoms with Gasteiger partial charge in [-0.15, -0.1) is 0 Å². The molecule has 0 aliphatic rings. The van der Waals surface area contributed by atoms with E-state index < -0.39 is 26.9 Å². The summed E-state index contributed by atoms with van der Waals surface area (Å²) in [7, 11) is -3.95. The van der Waals surface area contributed by atoms with E-state index in [0.717, 1.165) is 33.5 Å². The Morgan fingerprint density at radius 1 is 1.28 bits per heavy atom. The molecule has 12 heteroatoms. The first kappa shape index (κ1) is 23.4. The fourth-order valence-electron chi connectivity index (χ4n) is 3.42. The summed E-state index contributed by atoms with van der Waals surface area (Å²) in [6, 6.07) is 7.65. The molecule has 1 N–H and O–H groups in total. The summed E-state index contributed by atoms with van der Waals surface area (Å²) in [5, 5.41) is 13.8. The number of aromatic nitrogens is 1. The lowest BCUT2D eigenvalue weighted by Gasteiger charge is -2.29. The van der Waals surface area contributed by atoms with Crippen LogP contribution in [0.15, 0.2) is 41.2 Å². The highest BCUT2D eigenvalue weighted by molar-refractivity contribution is 7.92. The number of rotatable bonds is 7. The number of sulfonamides is 1. The van der Waals surface area contributed by atoms with Gasteiger partial charge in [0.25, 0.3) is 5.69 Å². The molecular weight excluding hydrogens is 456 g/mol. The van der Waals surface area contributed by atoms with Gasteiger partial charge in [-0.1, -0.05) is 17.4 Å². The molecule has 0 radical (unpaired) electrons. The van der Waals surface area contributed by atoms with Gasteiger partial charge in [0, 0.05) is 24.4 Å². The van der Waals surface area contributed by atoms with Gasteiger partial charge in [0.2, 0.25) is 15.9 Å². The lowest BCUT2D eigenvalue weighted by molar-refractivity contribution is -0.384. The van der Waals surface area contributed by atoms with E-state index in [1.807, 2.05) is 6.92 Å².